The van der Waals surface area contributed by atoms with Gasteiger partial charge in [-0.15, -0.1) is 0 Å². The molecule has 5 rings (SSSR count). The van der Waals surface area contributed by atoms with Crippen LogP contribution in [0.4, 0.5) is 0 Å². The lowest BCUT2D eigenvalue weighted by molar-refractivity contribution is -0.133. The van der Waals surface area contributed by atoms with Gasteiger partial charge in [-0.2, -0.15) is 0 Å². The number of carbonyl (C=O) groups is 2. The van der Waals surface area contributed by atoms with Gasteiger partial charge in [-0.3, -0.25) is 23.9 Å². The molecule has 31 heavy (non-hydrogen) atoms. The smallest absolute Gasteiger partial charge is 0.261 e. The maximum absolute atomic E-state index is 13.0. The minimum absolute atomic E-state index is 0.00800. The molecule has 1 aliphatic heterocycles. The largest absolute Gasteiger partial charge is 0.352 e. The molecule has 8 heteroatoms. The molecule has 2 saturated carbocycles. The Bertz CT molecular complexity index is 1050. The van der Waals surface area contributed by atoms with E-state index >= 15 is 0 Å². The summed E-state index contributed by atoms with van der Waals surface area (Å²) in [5, 5.41) is 3.66. The van der Waals surface area contributed by atoms with Gasteiger partial charge in [0.1, 0.15) is 5.82 Å². The number of aryl methyl sites for hydroxylation is 1. The van der Waals surface area contributed by atoms with E-state index in [0.717, 1.165) is 31.5 Å². The molecule has 164 valence electrons. The standard InChI is InChI=1S/C23H29N5O3/c29-21(24-16-5-6-16)15-26-11-13-27(14-12-26)22(30)10-9-20-25-19-4-2-1-3-18(19)23(31)28(20)17-7-8-17/h1-4,16-17H,5-15H2,(H,24,29). The Morgan fingerprint density at radius 2 is 1.77 bits per heavy atom. The summed E-state index contributed by atoms with van der Waals surface area (Å²) in [6.45, 7) is 3.11. The summed E-state index contributed by atoms with van der Waals surface area (Å²) < 4.78 is 1.81. The highest BCUT2D eigenvalue weighted by Crippen LogP contribution is 2.35. The number of hydrogen-bond acceptors (Lipinski definition) is 5. The number of carbonyl (C=O) groups excluding carboxylic acids is 2. The van der Waals surface area contributed by atoms with Crippen molar-refractivity contribution in [3.05, 3.63) is 40.4 Å². The van der Waals surface area contributed by atoms with Crippen LogP contribution in [0, 0.1) is 0 Å². The zero-order valence-electron chi connectivity index (χ0n) is 17.8. The Hall–Kier alpha value is -2.74. The molecular weight excluding hydrogens is 394 g/mol. The van der Waals surface area contributed by atoms with E-state index in [0.29, 0.717) is 62.5 Å². The van der Waals surface area contributed by atoms with Crippen molar-refractivity contribution in [1.82, 2.24) is 24.7 Å². The van der Waals surface area contributed by atoms with Gasteiger partial charge in [-0.1, -0.05) is 12.1 Å². The fraction of sp³-hybridized carbons (Fsp3) is 0.565. The van der Waals surface area contributed by atoms with E-state index in [1.54, 1.807) is 0 Å². The summed E-state index contributed by atoms with van der Waals surface area (Å²) in [6.07, 6.45) is 5.00. The molecule has 1 aromatic carbocycles. The van der Waals surface area contributed by atoms with Crippen molar-refractivity contribution < 1.29 is 9.59 Å². The number of benzene rings is 1. The maximum Gasteiger partial charge on any atom is 0.261 e. The van der Waals surface area contributed by atoms with Crippen molar-refractivity contribution in [2.45, 2.75) is 50.6 Å². The van der Waals surface area contributed by atoms with Crippen molar-refractivity contribution in [2.75, 3.05) is 32.7 Å². The number of nitrogens with zero attached hydrogens (tertiary/aromatic N) is 4. The first-order valence-corrected chi connectivity index (χ1v) is 11.4. The Balaban J connectivity index is 1.18. The molecule has 2 amide bonds. The lowest BCUT2D eigenvalue weighted by Crippen LogP contribution is -2.51. The highest BCUT2D eigenvalue weighted by atomic mass is 16.2. The normalized spacial score (nSPS) is 19.5. The van der Waals surface area contributed by atoms with Crippen LogP contribution in [-0.4, -0.2) is 69.9 Å². The van der Waals surface area contributed by atoms with Crippen LogP contribution in [0.3, 0.4) is 0 Å². The van der Waals surface area contributed by atoms with E-state index < -0.39 is 0 Å². The first kappa shape index (κ1) is 20.2. The molecule has 8 nitrogen and oxygen atoms in total. The average molecular weight is 424 g/mol. The Labute approximate surface area is 181 Å². The van der Waals surface area contributed by atoms with E-state index in [1.807, 2.05) is 33.7 Å². The van der Waals surface area contributed by atoms with Crippen molar-refractivity contribution in [2.24, 2.45) is 0 Å². The minimum Gasteiger partial charge on any atom is -0.352 e. The molecule has 1 N–H and O–H groups in total. The monoisotopic (exact) mass is 423 g/mol. The fourth-order valence-electron chi connectivity index (χ4n) is 4.31. The van der Waals surface area contributed by atoms with Crippen LogP contribution in [0.2, 0.25) is 0 Å². The summed E-state index contributed by atoms with van der Waals surface area (Å²) in [7, 11) is 0. The Morgan fingerprint density at radius 3 is 2.48 bits per heavy atom. The van der Waals surface area contributed by atoms with Gasteiger partial charge >= 0.3 is 0 Å². The summed E-state index contributed by atoms with van der Waals surface area (Å²) in [6, 6.07) is 8.03. The molecule has 3 fully saturated rings. The second kappa shape index (κ2) is 8.42. The summed E-state index contributed by atoms with van der Waals surface area (Å²) in [5.74, 6) is 0.893. The molecule has 1 saturated heterocycles. The fourth-order valence-corrected chi connectivity index (χ4v) is 4.31. The van der Waals surface area contributed by atoms with E-state index in [4.69, 9.17) is 4.98 Å². The third-order valence-corrected chi connectivity index (χ3v) is 6.39. The molecule has 1 aromatic heterocycles. The van der Waals surface area contributed by atoms with Gasteiger partial charge in [0.2, 0.25) is 11.8 Å². The Kier molecular flexibility index (Phi) is 5.48. The lowest BCUT2D eigenvalue weighted by Gasteiger charge is -2.34. The van der Waals surface area contributed by atoms with Crippen LogP contribution in [0.1, 0.15) is 44.0 Å². The number of para-hydroxylation sites is 1. The van der Waals surface area contributed by atoms with Gasteiger partial charge in [0, 0.05) is 51.1 Å². The second-order valence-corrected chi connectivity index (χ2v) is 8.95. The predicted molar refractivity (Wildman–Crippen MR) is 117 cm³/mol. The third kappa shape index (κ3) is 4.63. The highest BCUT2D eigenvalue weighted by Gasteiger charge is 2.29. The second-order valence-electron chi connectivity index (χ2n) is 8.95. The number of aromatic nitrogens is 2. The van der Waals surface area contributed by atoms with E-state index in [9.17, 15) is 14.4 Å². The number of amides is 2. The van der Waals surface area contributed by atoms with Crippen molar-refractivity contribution in [3.63, 3.8) is 0 Å². The maximum atomic E-state index is 13.0. The number of hydrogen-bond donors (Lipinski definition) is 1. The van der Waals surface area contributed by atoms with Crippen molar-refractivity contribution in [3.8, 4) is 0 Å². The molecule has 0 bridgehead atoms. The van der Waals surface area contributed by atoms with Crippen LogP contribution in [0.15, 0.2) is 29.1 Å². The molecule has 0 atom stereocenters. The van der Waals surface area contributed by atoms with Gasteiger partial charge < -0.3 is 10.2 Å². The first-order valence-electron chi connectivity index (χ1n) is 11.4. The summed E-state index contributed by atoms with van der Waals surface area (Å²) in [5.41, 5.74) is 0.707. The van der Waals surface area contributed by atoms with Crippen LogP contribution in [0.5, 0.6) is 0 Å². The van der Waals surface area contributed by atoms with Gasteiger partial charge in [0.15, 0.2) is 0 Å². The Morgan fingerprint density at radius 1 is 1.03 bits per heavy atom. The zero-order valence-corrected chi connectivity index (χ0v) is 17.8. The van der Waals surface area contributed by atoms with E-state index in [1.165, 1.54) is 0 Å². The summed E-state index contributed by atoms with van der Waals surface area (Å²) in [4.78, 5) is 46.5. The molecule has 3 aliphatic rings. The molecular formula is C23H29N5O3. The number of rotatable bonds is 7. The number of fused-ring (bicyclic) bond motifs is 1. The quantitative estimate of drug-likeness (QED) is 0.720. The minimum atomic E-state index is 0.00800. The lowest BCUT2D eigenvalue weighted by atomic mass is 10.2. The first-order chi connectivity index (χ1) is 15.1. The van der Waals surface area contributed by atoms with Crippen LogP contribution >= 0.6 is 0 Å². The molecule has 0 radical (unpaired) electrons. The van der Waals surface area contributed by atoms with Crippen LogP contribution in [-0.2, 0) is 16.0 Å². The van der Waals surface area contributed by atoms with Crippen molar-refractivity contribution in [1.29, 1.82) is 0 Å². The van der Waals surface area contributed by atoms with Crippen LogP contribution < -0.4 is 10.9 Å². The zero-order chi connectivity index (χ0) is 21.4. The summed E-state index contributed by atoms with van der Waals surface area (Å²) >= 11 is 0. The molecule has 2 aromatic rings. The molecule has 0 spiro atoms. The predicted octanol–water partition coefficient (Wildman–Crippen LogP) is 1.09. The third-order valence-electron chi connectivity index (χ3n) is 6.39. The molecule has 2 heterocycles. The SMILES string of the molecule is O=C(CN1CCN(C(=O)CCc2nc3ccccc3c(=O)n2C2CC2)CC1)NC1CC1. The van der Waals surface area contributed by atoms with Gasteiger partial charge in [0.25, 0.3) is 5.56 Å². The van der Waals surface area contributed by atoms with Gasteiger partial charge in [-0.05, 0) is 37.8 Å². The van der Waals surface area contributed by atoms with Gasteiger partial charge in [0.05, 0.1) is 17.4 Å². The molecule has 2 aliphatic carbocycles. The van der Waals surface area contributed by atoms with E-state index in [-0.39, 0.29) is 23.4 Å². The molecule has 0 unspecified atom stereocenters. The van der Waals surface area contributed by atoms with Gasteiger partial charge in [-0.25, -0.2) is 4.98 Å². The average Bonchev–Trinajstić information content (AvgIpc) is 3.68. The van der Waals surface area contributed by atoms with E-state index in [2.05, 4.69) is 10.2 Å². The topological polar surface area (TPSA) is 87.5 Å². The number of piperazine rings is 1. The van der Waals surface area contributed by atoms with Crippen LogP contribution in [0.25, 0.3) is 10.9 Å². The highest BCUT2D eigenvalue weighted by molar-refractivity contribution is 5.79. The number of nitrogens with one attached hydrogen (secondary N) is 1. The van der Waals surface area contributed by atoms with Crippen molar-refractivity contribution >= 4 is 22.7 Å².